The van der Waals surface area contributed by atoms with E-state index in [1.165, 1.54) is 0 Å². The normalized spacial score (nSPS) is 10.7. The van der Waals surface area contributed by atoms with Gasteiger partial charge < -0.3 is 4.74 Å². The molecule has 100 valence electrons. The highest BCUT2D eigenvalue weighted by atomic mass is 32.1. The lowest BCUT2D eigenvalue weighted by atomic mass is 9.98. The predicted molar refractivity (Wildman–Crippen MR) is 83.0 cm³/mol. The number of rotatable bonds is 3. The van der Waals surface area contributed by atoms with Crippen LogP contribution in [0.5, 0.6) is 5.75 Å². The quantitative estimate of drug-likeness (QED) is 0.663. The monoisotopic (exact) mass is 282 g/mol. The molecular formula is C17H14O2S. The third kappa shape index (κ3) is 2.10. The minimum absolute atomic E-state index is 0.0719. The number of fused-ring (bicyclic) bond motifs is 1. The number of ether oxygens (including phenoxy) is 1. The van der Waals surface area contributed by atoms with E-state index in [0.717, 1.165) is 32.5 Å². The lowest BCUT2D eigenvalue weighted by molar-refractivity contribution is 0.104. The third-order valence-corrected chi connectivity index (χ3v) is 4.37. The topological polar surface area (TPSA) is 26.3 Å². The molecule has 2 nitrogen and oxygen atoms in total. The number of hydrogen-bond acceptors (Lipinski definition) is 3. The van der Waals surface area contributed by atoms with E-state index in [2.05, 4.69) is 0 Å². The van der Waals surface area contributed by atoms with E-state index >= 15 is 0 Å². The summed E-state index contributed by atoms with van der Waals surface area (Å²) in [5.41, 5.74) is 2.44. The van der Waals surface area contributed by atoms with Gasteiger partial charge in [0.2, 0.25) is 0 Å². The van der Waals surface area contributed by atoms with Gasteiger partial charge in [0.25, 0.3) is 0 Å². The first-order chi connectivity index (χ1) is 9.70. The van der Waals surface area contributed by atoms with Crippen LogP contribution in [0.25, 0.3) is 10.1 Å². The minimum Gasteiger partial charge on any atom is -0.497 e. The Hall–Kier alpha value is -2.13. The number of methoxy groups -OCH3 is 1. The van der Waals surface area contributed by atoms with Crippen molar-refractivity contribution in [2.24, 2.45) is 0 Å². The second kappa shape index (κ2) is 5.10. The van der Waals surface area contributed by atoms with Gasteiger partial charge in [-0.2, -0.15) is 0 Å². The van der Waals surface area contributed by atoms with Crippen LogP contribution >= 0.6 is 11.3 Å². The van der Waals surface area contributed by atoms with Crippen molar-refractivity contribution in [2.75, 3.05) is 7.11 Å². The van der Waals surface area contributed by atoms with Crippen molar-refractivity contribution in [3.63, 3.8) is 0 Å². The smallest absolute Gasteiger partial charge is 0.194 e. The van der Waals surface area contributed by atoms with Crippen LogP contribution in [-0.2, 0) is 0 Å². The summed E-state index contributed by atoms with van der Waals surface area (Å²) in [6.45, 7) is 1.93. The standard InChI is InChI=1S/C17H14O2S/c1-11-9-12(19-2)7-8-13(11)17(18)15-10-20-16-6-4-3-5-14(15)16/h3-10H,1-2H3. The van der Waals surface area contributed by atoms with E-state index in [1.54, 1.807) is 18.4 Å². The van der Waals surface area contributed by atoms with Crippen LogP contribution in [0.1, 0.15) is 21.5 Å². The van der Waals surface area contributed by atoms with Crippen LogP contribution in [0.2, 0.25) is 0 Å². The Balaban J connectivity index is 2.09. The molecule has 1 heterocycles. The number of carbonyl (C=O) groups is 1. The van der Waals surface area contributed by atoms with E-state index in [0.29, 0.717) is 0 Å². The summed E-state index contributed by atoms with van der Waals surface area (Å²) < 4.78 is 6.32. The molecule has 0 saturated carbocycles. The first-order valence-electron chi connectivity index (χ1n) is 6.36. The molecule has 3 heteroatoms. The van der Waals surface area contributed by atoms with Gasteiger partial charge in [-0.3, -0.25) is 4.79 Å². The predicted octanol–water partition coefficient (Wildman–Crippen LogP) is 4.45. The van der Waals surface area contributed by atoms with Crippen molar-refractivity contribution in [3.05, 3.63) is 64.5 Å². The number of ketones is 1. The van der Waals surface area contributed by atoms with Gasteiger partial charge in [0.1, 0.15) is 5.75 Å². The zero-order valence-corrected chi connectivity index (χ0v) is 12.2. The Labute approximate surface area is 121 Å². The maximum Gasteiger partial charge on any atom is 0.194 e. The fourth-order valence-electron chi connectivity index (χ4n) is 2.32. The van der Waals surface area contributed by atoms with Crippen LogP contribution in [0.15, 0.2) is 47.8 Å². The maximum absolute atomic E-state index is 12.7. The fraction of sp³-hybridized carbons (Fsp3) is 0.118. The summed E-state index contributed by atoms with van der Waals surface area (Å²) in [7, 11) is 1.63. The SMILES string of the molecule is COc1ccc(C(=O)c2csc3ccccc23)c(C)c1. The van der Waals surface area contributed by atoms with Crippen molar-refractivity contribution < 1.29 is 9.53 Å². The third-order valence-electron chi connectivity index (χ3n) is 3.40. The largest absolute Gasteiger partial charge is 0.497 e. The summed E-state index contributed by atoms with van der Waals surface area (Å²) in [5, 5.41) is 2.97. The molecule has 0 atom stereocenters. The lowest BCUT2D eigenvalue weighted by Gasteiger charge is -2.07. The van der Waals surface area contributed by atoms with Gasteiger partial charge in [-0.1, -0.05) is 18.2 Å². The zero-order chi connectivity index (χ0) is 14.1. The van der Waals surface area contributed by atoms with Crippen molar-refractivity contribution in [1.29, 1.82) is 0 Å². The van der Waals surface area contributed by atoms with Crippen molar-refractivity contribution in [2.45, 2.75) is 6.92 Å². The molecule has 0 radical (unpaired) electrons. The Bertz CT molecular complexity index is 787. The molecule has 20 heavy (non-hydrogen) atoms. The average molecular weight is 282 g/mol. The van der Waals surface area contributed by atoms with E-state index < -0.39 is 0 Å². The molecule has 0 bridgehead atoms. The Morgan fingerprint density at radius 3 is 2.65 bits per heavy atom. The van der Waals surface area contributed by atoms with Crippen molar-refractivity contribution in [3.8, 4) is 5.75 Å². The van der Waals surface area contributed by atoms with E-state index in [4.69, 9.17) is 4.74 Å². The first kappa shape index (κ1) is 12.9. The number of benzene rings is 2. The number of thiophene rings is 1. The van der Waals surface area contributed by atoms with Gasteiger partial charge in [-0.05, 0) is 36.8 Å². The summed E-state index contributed by atoms with van der Waals surface area (Å²) in [6, 6.07) is 13.5. The molecule has 0 aliphatic carbocycles. The zero-order valence-electron chi connectivity index (χ0n) is 11.3. The van der Waals surface area contributed by atoms with Gasteiger partial charge in [0, 0.05) is 26.6 Å². The van der Waals surface area contributed by atoms with Gasteiger partial charge in [-0.25, -0.2) is 0 Å². The molecule has 0 amide bonds. The molecule has 0 fully saturated rings. The van der Waals surface area contributed by atoms with Crippen LogP contribution in [0, 0.1) is 6.92 Å². The molecule has 0 N–H and O–H groups in total. The molecule has 0 spiro atoms. The minimum atomic E-state index is 0.0719. The van der Waals surface area contributed by atoms with Crippen molar-refractivity contribution in [1.82, 2.24) is 0 Å². The number of hydrogen-bond donors (Lipinski definition) is 0. The molecule has 0 aliphatic heterocycles. The molecular weight excluding hydrogens is 268 g/mol. The molecule has 1 aromatic heterocycles. The van der Waals surface area contributed by atoms with Crippen LogP contribution < -0.4 is 4.74 Å². The van der Waals surface area contributed by atoms with Gasteiger partial charge in [0.05, 0.1) is 7.11 Å². The van der Waals surface area contributed by atoms with Crippen LogP contribution in [0.4, 0.5) is 0 Å². The molecule has 0 saturated heterocycles. The highest BCUT2D eigenvalue weighted by molar-refractivity contribution is 7.17. The second-order valence-corrected chi connectivity index (χ2v) is 5.57. The van der Waals surface area contributed by atoms with E-state index in [-0.39, 0.29) is 5.78 Å². The first-order valence-corrected chi connectivity index (χ1v) is 7.24. The Morgan fingerprint density at radius 1 is 1.10 bits per heavy atom. The van der Waals surface area contributed by atoms with Crippen molar-refractivity contribution >= 4 is 27.2 Å². The highest BCUT2D eigenvalue weighted by Crippen LogP contribution is 2.29. The molecule has 0 aliphatic rings. The molecule has 3 rings (SSSR count). The maximum atomic E-state index is 12.7. The van der Waals surface area contributed by atoms with Gasteiger partial charge in [0.15, 0.2) is 5.78 Å². The molecule has 0 unspecified atom stereocenters. The Morgan fingerprint density at radius 2 is 1.90 bits per heavy atom. The van der Waals surface area contributed by atoms with Gasteiger partial charge in [-0.15, -0.1) is 11.3 Å². The average Bonchev–Trinajstić information content (AvgIpc) is 2.90. The fourth-order valence-corrected chi connectivity index (χ4v) is 3.26. The highest BCUT2D eigenvalue weighted by Gasteiger charge is 2.16. The molecule has 3 aromatic rings. The lowest BCUT2D eigenvalue weighted by Crippen LogP contribution is -2.03. The van der Waals surface area contributed by atoms with Gasteiger partial charge >= 0.3 is 0 Å². The summed E-state index contributed by atoms with van der Waals surface area (Å²) in [5.74, 6) is 0.844. The summed E-state index contributed by atoms with van der Waals surface area (Å²) >= 11 is 1.60. The summed E-state index contributed by atoms with van der Waals surface area (Å²) in [4.78, 5) is 12.7. The Kier molecular flexibility index (Phi) is 3.28. The number of carbonyl (C=O) groups excluding carboxylic acids is 1. The molecule has 2 aromatic carbocycles. The van der Waals surface area contributed by atoms with E-state index in [9.17, 15) is 4.79 Å². The second-order valence-electron chi connectivity index (χ2n) is 4.66. The summed E-state index contributed by atoms with van der Waals surface area (Å²) in [6.07, 6.45) is 0. The van der Waals surface area contributed by atoms with Crippen LogP contribution in [0.3, 0.4) is 0 Å². The van der Waals surface area contributed by atoms with Crippen LogP contribution in [-0.4, -0.2) is 12.9 Å². The number of aryl methyl sites for hydroxylation is 1. The van der Waals surface area contributed by atoms with E-state index in [1.807, 2.05) is 54.8 Å².